The molecule has 0 fully saturated rings. The van der Waals surface area contributed by atoms with Crippen LogP contribution in [0.4, 0.5) is 5.13 Å². The summed E-state index contributed by atoms with van der Waals surface area (Å²) in [5.41, 5.74) is 2.31. The molecule has 27 heavy (non-hydrogen) atoms. The van der Waals surface area contributed by atoms with Gasteiger partial charge in [-0.25, -0.2) is 14.6 Å². The molecule has 4 rings (SSSR count). The first kappa shape index (κ1) is 17.4. The summed E-state index contributed by atoms with van der Waals surface area (Å²) in [5, 5.41) is 12.2. The molecule has 4 aromatic rings. The van der Waals surface area contributed by atoms with Gasteiger partial charge in [-0.15, -0.1) is 0 Å². The van der Waals surface area contributed by atoms with Crippen LogP contribution >= 0.6 is 11.3 Å². The summed E-state index contributed by atoms with van der Waals surface area (Å²) in [7, 11) is 0. The number of nitrogens with zero attached hydrogens (tertiary/aromatic N) is 4. The largest absolute Gasteiger partial charge is 0.360 e. The van der Waals surface area contributed by atoms with Gasteiger partial charge in [0.15, 0.2) is 10.8 Å². The van der Waals surface area contributed by atoms with Gasteiger partial charge in [-0.05, 0) is 32.0 Å². The molecule has 0 spiro atoms. The van der Waals surface area contributed by atoms with E-state index in [1.165, 1.54) is 0 Å². The zero-order chi connectivity index (χ0) is 18.8. The van der Waals surface area contributed by atoms with Crippen LogP contribution in [0.25, 0.3) is 21.3 Å². The molecule has 2 N–H and O–H groups in total. The van der Waals surface area contributed by atoms with E-state index in [2.05, 4.69) is 25.7 Å². The number of para-hydroxylation sites is 1. The molecular formula is C19H20N6OS. The lowest BCUT2D eigenvalue weighted by Gasteiger charge is -2.07. The van der Waals surface area contributed by atoms with Crippen LogP contribution in [0.1, 0.15) is 30.2 Å². The van der Waals surface area contributed by atoms with E-state index in [1.807, 2.05) is 48.9 Å². The number of nitrogens with one attached hydrogen (secondary N) is 2. The standard InChI is InChI=1S/C19H20N6OS/c1-12(2)25-17-13(11-23-25)9-14(10-22-17)18(26)20-7-8-21-19-24-15-5-3-4-6-16(15)27-19/h3-6,9-12H,7-8H2,1-2H3,(H,20,26)(H,21,24). The molecule has 0 atom stereocenters. The van der Waals surface area contributed by atoms with Crippen molar-refractivity contribution in [1.29, 1.82) is 0 Å². The number of amides is 1. The molecule has 1 amide bonds. The Kier molecular flexibility index (Phi) is 4.72. The quantitative estimate of drug-likeness (QED) is 0.501. The molecule has 0 aliphatic heterocycles. The molecule has 138 valence electrons. The van der Waals surface area contributed by atoms with E-state index in [4.69, 9.17) is 0 Å². The van der Waals surface area contributed by atoms with E-state index in [0.717, 1.165) is 26.4 Å². The van der Waals surface area contributed by atoms with Gasteiger partial charge in [0.25, 0.3) is 5.91 Å². The minimum Gasteiger partial charge on any atom is -0.360 e. The summed E-state index contributed by atoms with van der Waals surface area (Å²) in [6.45, 7) is 5.20. The Morgan fingerprint density at radius 3 is 2.89 bits per heavy atom. The van der Waals surface area contributed by atoms with Gasteiger partial charge in [0.05, 0.1) is 22.0 Å². The van der Waals surface area contributed by atoms with Crippen LogP contribution in [0.3, 0.4) is 0 Å². The Balaban J connectivity index is 1.34. The third-order valence-corrected chi connectivity index (χ3v) is 5.16. The van der Waals surface area contributed by atoms with Crippen LogP contribution in [0.2, 0.25) is 0 Å². The maximum absolute atomic E-state index is 12.4. The molecule has 1 aromatic carbocycles. The number of carbonyl (C=O) groups excluding carboxylic acids is 1. The lowest BCUT2D eigenvalue weighted by Crippen LogP contribution is -2.28. The first-order chi connectivity index (χ1) is 13.1. The number of carbonyl (C=O) groups is 1. The van der Waals surface area contributed by atoms with E-state index in [1.54, 1.807) is 23.7 Å². The van der Waals surface area contributed by atoms with Crippen molar-refractivity contribution in [3.05, 3.63) is 48.3 Å². The highest BCUT2D eigenvalue weighted by Gasteiger charge is 2.11. The fourth-order valence-electron chi connectivity index (χ4n) is 2.84. The summed E-state index contributed by atoms with van der Waals surface area (Å²) < 4.78 is 2.99. The second-order valence-electron chi connectivity index (χ2n) is 6.49. The second-order valence-corrected chi connectivity index (χ2v) is 7.52. The van der Waals surface area contributed by atoms with Crippen LogP contribution in [-0.4, -0.2) is 38.7 Å². The number of thiazole rings is 1. The molecule has 0 unspecified atom stereocenters. The Bertz CT molecular complexity index is 1070. The second kappa shape index (κ2) is 7.32. The predicted molar refractivity (Wildman–Crippen MR) is 108 cm³/mol. The van der Waals surface area contributed by atoms with Crippen molar-refractivity contribution in [1.82, 2.24) is 25.1 Å². The average molecular weight is 380 g/mol. The highest BCUT2D eigenvalue weighted by Crippen LogP contribution is 2.25. The Morgan fingerprint density at radius 2 is 2.07 bits per heavy atom. The topological polar surface area (TPSA) is 84.7 Å². The molecule has 0 aliphatic carbocycles. The number of pyridine rings is 1. The van der Waals surface area contributed by atoms with E-state index in [-0.39, 0.29) is 11.9 Å². The van der Waals surface area contributed by atoms with Gasteiger partial charge in [0.1, 0.15) is 0 Å². The smallest absolute Gasteiger partial charge is 0.252 e. The number of hydrogen-bond donors (Lipinski definition) is 2. The van der Waals surface area contributed by atoms with Crippen LogP contribution in [0, 0.1) is 0 Å². The van der Waals surface area contributed by atoms with Crippen molar-refractivity contribution in [2.24, 2.45) is 0 Å². The highest BCUT2D eigenvalue weighted by molar-refractivity contribution is 7.22. The third-order valence-electron chi connectivity index (χ3n) is 4.17. The number of anilines is 1. The number of fused-ring (bicyclic) bond motifs is 2. The summed E-state index contributed by atoms with van der Waals surface area (Å²) in [4.78, 5) is 21.3. The van der Waals surface area contributed by atoms with Crippen molar-refractivity contribution in [3.63, 3.8) is 0 Å². The first-order valence-electron chi connectivity index (χ1n) is 8.83. The van der Waals surface area contributed by atoms with Crippen LogP contribution in [0.15, 0.2) is 42.7 Å². The monoisotopic (exact) mass is 380 g/mol. The lowest BCUT2D eigenvalue weighted by molar-refractivity contribution is 0.0955. The van der Waals surface area contributed by atoms with E-state index < -0.39 is 0 Å². The zero-order valence-electron chi connectivity index (χ0n) is 15.1. The molecule has 3 aromatic heterocycles. The maximum Gasteiger partial charge on any atom is 0.252 e. The van der Waals surface area contributed by atoms with Crippen LogP contribution in [-0.2, 0) is 0 Å². The zero-order valence-corrected chi connectivity index (χ0v) is 16.0. The van der Waals surface area contributed by atoms with E-state index in [0.29, 0.717) is 18.7 Å². The van der Waals surface area contributed by atoms with Crippen molar-refractivity contribution in [2.75, 3.05) is 18.4 Å². The van der Waals surface area contributed by atoms with Crippen molar-refractivity contribution in [2.45, 2.75) is 19.9 Å². The van der Waals surface area contributed by atoms with Gasteiger partial charge >= 0.3 is 0 Å². The minimum atomic E-state index is -0.146. The molecule has 0 bridgehead atoms. The fraction of sp³-hybridized carbons (Fsp3) is 0.263. The molecule has 7 nitrogen and oxygen atoms in total. The fourth-order valence-corrected chi connectivity index (χ4v) is 3.73. The van der Waals surface area contributed by atoms with E-state index >= 15 is 0 Å². The van der Waals surface area contributed by atoms with Gasteiger partial charge in [-0.3, -0.25) is 4.79 Å². The highest BCUT2D eigenvalue weighted by atomic mass is 32.1. The molecule has 0 saturated carbocycles. The number of aromatic nitrogens is 4. The molecular weight excluding hydrogens is 360 g/mol. The third kappa shape index (κ3) is 3.61. The normalized spacial score (nSPS) is 11.4. The van der Waals surface area contributed by atoms with Crippen LogP contribution in [0.5, 0.6) is 0 Å². The molecule has 3 heterocycles. The number of hydrogen-bond acceptors (Lipinski definition) is 6. The predicted octanol–water partition coefficient (Wildman–Crippen LogP) is 3.46. The van der Waals surface area contributed by atoms with Gasteiger partial charge in [-0.2, -0.15) is 5.10 Å². The van der Waals surface area contributed by atoms with Crippen molar-refractivity contribution < 1.29 is 4.79 Å². The SMILES string of the molecule is CC(C)n1ncc2cc(C(=O)NCCNc3nc4ccccc4s3)cnc21. The Morgan fingerprint density at radius 1 is 1.22 bits per heavy atom. The van der Waals surface area contributed by atoms with Crippen molar-refractivity contribution >= 4 is 43.6 Å². The van der Waals surface area contributed by atoms with Gasteiger partial charge in [0, 0.05) is 30.7 Å². The minimum absolute atomic E-state index is 0.146. The summed E-state index contributed by atoms with van der Waals surface area (Å²) >= 11 is 1.60. The molecule has 0 saturated heterocycles. The van der Waals surface area contributed by atoms with E-state index in [9.17, 15) is 4.79 Å². The lowest BCUT2D eigenvalue weighted by atomic mass is 10.2. The first-order valence-corrected chi connectivity index (χ1v) is 9.64. The Labute approximate surface area is 160 Å². The van der Waals surface area contributed by atoms with Crippen molar-refractivity contribution in [3.8, 4) is 0 Å². The van der Waals surface area contributed by atoms with Gasteiger partial charge in [-0.1, -0.05) is 23.5 Å². The summed E-state index contributed by atoms with van der Waals surface area (Å²) in [6, 6.07) is 10.1. The molecule has 0 radical (unpaired) electrons. The number of benzene rings is 1. The Hall–Kier alpha value is -3.00. The van der Waals surface area contributed by atoms with Gasteiger partial charge < -0.3 is 10.6 Å². The molecule has 0 aliphatic rings. The van der Waals surface area contributed by atoms with Crippen LogP contribution < -0.4 is 10.6 Å². The van der Waals surface area contributed by atoms with Gasteiger partial charge in [0.2, 0.25) is 0 Å². The maximum atomic E-state index is 12.4. The average Bonchev–Trinajstić information content (AvgIpc) is 3.27. The molecule has 8 heteroatoms. The number of rotatable bonds is 6. The summed E-state index contributed by atoms with van der Waals surface area (Å²) in [6.07, 6.45) is 3.34. The summed E-state index contributed by atoms with van der Waals surface area (Å²) in [5.74, 6) is -0.146.